The molecule has 1 N–H and O–H groups in total. The van der Waals surface area contributed by atoms with Gasteiger partial charge >= 0.3 is 0 Å². The van der Waals surface area contributed by atoms with Crippen LogP contribution in [-0.4, -0.2) is 5.26 Å². The fourth-order valence-electron chi connectivity index (χ4n) is 0. The van der Waals surface area contributed by atoms with Crippen LogP contribution in [0.15, 0.2) is 0 Å². The molecule has 0 aromatic rings. The molecule has 0 aromatic heterocycles. The molecule has 0 saturated heterocycles. The van der Waals surface area contributed by atoms with Crippen molar-refractivity contribution in [2.45, 2.75) is 0 Å². The SMILES string of the molecule is OOCl.[Zn]. The maximum absolute atomic E-state index is 6.83. The van der Waals surface area contributed by atoms with Crippen molar-refractivity contribution >= 4 is 11.9 Å². The molecule has 0 bridgehead atoms. The second-order valence-corrected chi connectivity index (χ2v) is 0.207. The van der Waals surface area contributed by atoms with Crippen molar-refractivity contribution < 1.29 is 29.2 Å². The van der Waals surface area contributed by atoms with E-state index < -0.39 is 0 Å². The average Bonchev–Trinajstić information content (AvgIpc) is 0.918. The van der Waals surface area contributed by atoms with Gasteiger partial charge in [-0.1, -0.05) is 0 Å². The largest absolute Gasteiger partial charge is 0.233 e. The summed E-state index contributed by atoms with van der Waals surface area (Å²) in [4.78, 5) is 0. The molecule has 0 fully saturated rings. The fraction of sp³-hybridized carbons (Fsp3) is 0. The maximum Gasteiger partial charge on any atom is 0.0997 e. The summed E-state index contributed by atoms with van der Waals surface area (Å²) in [5.41, 5.74) is 0. The normalized spacial score (nSPS) is 4.50. The van der Waals surface area contributed by atoms with Crippen LogP contribution in [0.4, 0.5) is 0 Å². The number of rotatable bonds is 0. The predicted octanol–water partition coefficient (Wildman–Crippen LogP) is 0.627. The third kappa shape index (κ3) is 13.7. The minimum atomic E-state index is 0. The van der Waals surface area contributed by atoms with Gasteiger partial charge in [0.05, 0.1) is 11.9 Å². The van der Waals surface area contributed by atoms with E-state index in [9.17, 15) is 0 Å². The van der Waals surface area contributed by atoms with Crippen molar-refractivity contribution in [2.75, 3.05) is 0 Å². The predicted molar refractivity (Wildman–Crippen MR) is 9.57 cm³/mol. The number of hydrogen-bond acceptors (Lipinski definition) is 2. The van der Waals surface area contributed by atoms with E-state index in [1.807, 2.05) is 0 Å². The first kappa shape index (κ1) is 8.85. The summed E-state index contributed by atoms with van der Waals surface area (Å²) in [5.74, 6) is 0. The molecular formula is HClO2Zn. The van der Waals surface area contributed by atoms with Gasteiger partial charge in [0.15, 0.2) is 0 Å². The third-order valence-corrected chi connectivity index (χ3v) is 0. The van der Waals surface area contributed by atoms with E-state index in [4.69, 9.17) is 5.26 Å². The topological polar surface area (TPSA) is 29.5 Å². The minimum absolute atomic E-state index is 0. The molecule has 0 unspecified atom stereocenters. The van der Waals surface area contributed by atoms with Gasteiger partial charge in [0.1, 0.15) is 0 Å². The van der Waals surface area contributed by atoms with Crippen LogP contribution in [0.5, 0.6) is 0 Å². The van der Waals surface area contributed by atoms with Crippen LogP contribution in [0.2, 0.25) is 0 Å². The third-order valence-electron chi connectivity index (χ3n) is 0. The first-order valence-corrected chi connectivity index (χ1v) is 0.645. The van der Waals surface area contributed by atoms with Crippen LogP contribution in [-0.2, 0) is 23.9 Å². The second kappa shape index (κ2) is 9.16. The van der Waals surface area contributed by atoms with Crippen molar-refractivity contribution in [1.29, 1.82) is 0 Å². The van der Waals surface area contributed by atoms with Crippen molar-refractivity contribution in [1.82, 2.24) is 0 Å². The van der Waals surface area contributed by atoms with Crippen molar-refractivity contribution in [3.05, 3.63) is 0 Å². The summed E-state index contributed by atoms with van der Waals surface area (Å²) in [6.45, 7) is 0. The van der Waals surface area contributed by atoms with E-state index in [0.717, 1.165) is 0 Å². The van der Waals surface area contributed by atoms with E-state index in [1.54, 1.807) is 0 Å². The zero-order valence-corrected chi connectivity index (χ0v) is 5.66. The zero-order chi connectivity index (χ0) is 2.71. The number of hydrogen-bond donors (Lipinski definition) is 1. The fourth-order valence-corrected chi connectivity index (χ4v) is 0. The molecule has 0 radical (unpaired) electrons. The van der Waals surface area contributed by atoms with Gasteiger partial charge in [-0.3, -0.25) is 0 Å². The van der Waals surface area contributed by atoms with Crippen LogP contribution < -0.4 is 0 Å². The van der Waals surface area contributed by atoms with Gasteiger partial charge in [-0.2, -0.15) is 0 Å². The molecule has 0 amide bonds. The van der Waals surface area contributed by atoms with E-state index in [1.165, 1.54) is 0 Å². The van der Waals surface area contributed by atoms with E-state index >= 15 is 0 Å². The standard InChI is InChI=1S/ClHO2.Zn/c1-3-2;/h2H;. The Kier molecular flexibility index (Phi) is 20.3. The molecule has 0 aromatic carbocycles. The molecule has 0 saturated carbocycles. The number of halogens is 1. The van der Waals surface area contributed by atoms with Gasteiger partial charge < -0.3 is 0 Å². The molecule has 0 aliphatic heterocycles. The van der Waals surface area contributed by atoms with E-state index in [-0.39, 0.29) is 19.5 Å². The summed E-state index contributed by atoms with van der Waals surface area (Å²) in [6.07, 6.45) is 0. The summed E-state index contributed by atoms with van der Waals surface area (Å²) in [6, 6.07) is 0. The van der Waals surface area contributed by atoms with Crippen molar-refractivity contribution in [3.63, 3.8) is 0 Å². The summed E-state index contributed by atoms with van der Waals surface area (Å²) in [7, 11) is 0. The Morgan fingerprint density at radius 2 is 1.75 bits per heavy atom. The Hall–Kier alpha value is 0.833. The molecule has 4 heteroatoms. The minimum Gasteiger partial charge on any atom is -0.233 e. The van der Waals surface area contributed by atoms with Gasteiger partial charge in [0.25, 0.3) is 0 Å². The van der Waals surface area contributed by atoms with Crippen LogP contribution in [0.25, 0.3) is 0 Å². The molecule has 0 atom stereocenters. The molecular weight excluding hydrogens is 133 g/mol. The molecule has 0 aliphatic carbocycles. The smallest absolute Gasteiger partial charge is 0.0997 e. The van der Waals surface area contributed by atoms with Crippen LogP contribution in [0.1, 0.15) is 0 Å². The van der Waals surface area contributed by atoms with Gasteiger partial charge in [-0.05, 0) is 0 Å². The summed E-state index contributed by atoms with van der Waals surface area (Å²) >= 11 is 4.05. The van der Waals surface area contributed by atoms with Crippen molar-refractivity contribution in [2.24, 2.45) is 0 Å². The van der Waals surface area contributed by atoms with Gasteiger partial charge in [0.2, 0.25) is 0 Å². The molecule has 22 valence electrons. The zero-order valence-electron chi connectivity index (χ0n) is 1.94. The molecule has 0 rings (SSSR count). The van der Waals surface area contributed by atoms with Crippen LogP contribution in [0.3, 0.4) is 0 Å². The Bertz CT molecular complexity index is 6.00. The van der Waals surface area contributed by atoms with Gasteiger partial charge in [-0.25, -0.2) is 5.26 Å². The first-order chi connectivity index (χ1) is 1.41. The molecule has 0 aliphatic rings. The molecule has 2 nitrogen and oxygen atoms in total. The van der Waals surface area contributed by atoms with E-state index in [0.29, 0.717) is 0 Å². The van der Waals surface area contributed by atoms with Gasteiger partial charge in [-0.15, -0.1) is 4.44 Å². The van der Waals surface area contributed by atoms with Gasteiger partial charge in [0, 0.05) is 19.5 Å². The first-order valence-electron chi connectivity index (χ1n) is 0.337. The monoisotopic (exact) mass is 132 g/mol. The molecule has 0 heterocycles. The quantitative estimate of drug-likeness (QED) is 0.299. The average molecular weight is 134 g/mol. The Morgan fingerprint density at radius 3 is 1.75 bits per heavy atom. The Balaban J connectivity index is 0. The second-order valence-electron chi connectivity index (χ2n) is 0.0690. The van der Waals surface area contributed by atoms with Crippen molar-refractivity contribution in [3.8, 4) is 0 Å². The molecule has 0 spiro atoms. The Labute approximate surface area is 41.6 Å². The molecule has 4 heavy (non-hydrogen) atoms. The summed E-state index contributed by atoms with van der Waals surface area (Å²) < 4.78 is 2.72. The van der Waals surface area contributed by atoms with E-state index in [2.05, 4.69) is 16.3 Å². The maximum atomic E-state index is 6.83. The van der Waals surface area contributed by atoms with Crippen LogP contribution >= 0.6 is 11.9 Å². The Morgan fingerprint density at radius 1 is 1.75 bits per heavy atom. The van der Waals surface area contributed by atoms with Crippen LogP contribution in [0, 0.1) is 0 Å². The summed E-state index contributed by atoms with van der Waals surface area (Å²) in [5, 5.41) is 6.83.